The van der Waals surface area contributed by atoms with Crippen LogP contribution in [0.1, 0.15) is 44.1 Å². The van der Waals surface area contributed by atoms with E-state index in [-0.39, 0.29) is 23.7 Å². The predicted octanol–water partition coefficient (Wildman–Crippen LogP) is 2.40. The van der Waals surface area contributed by atoms with Crippen LogP contribution < -0.4 is 15.4 Å². The number of methoxy groups -OCH3 is 1. The van der Waals surface area contributed by atoms with E-state index in [1.165, 1.54) is 0 Å². The molecule has 2 saturated carbocycles. The third kappa shape index (κ3) is 4.28. The van der Waals surface area contributed by atoms with Crippen molar-refractivity contribution in [3.63, 3.8) is 0 Å². The van der Waals surface area contributed by atoms with Crippen molar-refractivity contribution in [2.45, 2.75) is 51.1 Å². The Balaban J connectivity index is 1.44. The van der Waals surface area contributed by atoms with Crippen LogP contribution in [-0.2, 0) is 16.1 Å². The molecule has 0 radical (unpaired) electrons. The van der Waals surface area contributed by atoms with Crippen molar-refractivity contribution in [1.82, 2.24) is 10.6 Å². The first-order valence-corrected chi connectivity index (χ1v) is 8.87. The highest BCUT2D eigenvalue weighted by atomic mass is 16.5. The maximum absolute atomic E-state index is 12.4. The smallest absolute Gasteiger partial charge is 0.223 e. The van der Waals surface area contributed by atoms with E-state index in [1.807, 2.05) is 24.3 Å². The van der Waals surface area contributed by atoms with Gasteiger partial charge in [0.2, 0.25) is 11.8 Å². The van der Waals surface area contributed by atoms with Crippen LogP contribution in [-0.4, -0.2) is 25.0 Å². The fourth-order valence-corrected chi connectivity index (χ4v) is 3.34. The van der Waals surface area contributed by atoms with Crippen molar-refractivity contribution in [1.29, 1.82) is 0 Å². The molecule has 0 spiro atoms. The zero-order valence-electron chi connectivity index (χ0n) is 14.2. The molecule has 2 fully saturated rings. The van der Waals surface area contributed by atoms with Gasteiger partial charge < -0.3 is 15.4 Å². The first-order valence-electron chi connectivity index (χ1n) is 8.87. The summed E-state index contributed by atoms with van der Waals surface area (Å²) in [5, 5.41) is 6.08. The first-order chi connectivity index (χ1) is 11.7. The minimum Gasteiger partial charge on any atom is -0.496 e. The van der Waals surface area contributed by atoms with E-state index in [2.05, 4.69) is 10.6 Å². The van der Waals surface area contributed by atoms with Gasteiger partial charge in [0.05, 0.1) is 7.11 Å². The molecule has 1 aromatic rings. The zero-order valence-corrected chi connectivity index (χ0v) is 14.2. The Hall–Kier alpha value is -2.04. The molecule has 0 saturated heterocycles. The zero-order chi connectivity index (χ0) is 16.9. The van der Waals surface area contributed by atoms with Gasteiger partial charge in [-0.1, -0.05) is 18.2 Å². The molecular formula is C19H26N2O3. The SMILES string of the molecule is COc1ccccc1CNC(=O)C1CCC(C(=O)NC2CC2)CC1. The second-order valence-electron chi connectivity index (χ2n) is 6.86. The van der Waals surface area contributed by atoms with Gasteiger partial charge in [-0.3, -0.25) is 9.59 Å². The van der Waals surface area contributed by atoms with Crippen LogP contribution in [0.3, 0.4) is 0 Å². The lowest BCUT2D eigenvalue weighted by molar-refractivity contribution is -0.130. The topological polar surface area (TPSA) is 67.4 Å². The Kier molecular flexibility index (Phi) is 5.38. The van der Waals surface area contributed by atoms with Gasteiger partial charge in [-0.2, -0.15) is 0 Å². The number of rotatable bonds is 6. The number of hydrogen-bond donors (Lipinski definition) is 2. The molecule has 130 valence electrons. The highest BCUT2D eigenvalue weighted by molar-refractivity contribution is 5.81. The van der Waals surface area contributed by atoms with E-state index in [9.17, 15) is 9.59 Å². The Labute approximate surface area is 143 Å². The van der Waals surface area contributed by atoms with Gasteiger partial charge in [0.15, 0.2) is 0 Å². The molecule has 24 heavy (non-hydrogen) atoms. The molecule has 5 nitrogen and oxygen atoms in total. The molecule has 1 aromatic carbocycles. The van der Waals surface area contributed by atoms with Gasteiger partial charge in [0.1, 0.15) is 5.75 Å². The van der Waals surface area contributed by atoms with Crippen LogP contribution in [0.25, 0.3) is 0 Å². The number of para-hydroxylation sites is 1. The molecule has 5 heteroatoms. The molecule has 0 unspecified atom stereocenters. The van der Waals surface area contributed by atoms with Crippen LogP contribution >= 0.6 is 0 Å². The standard InChI is InChI=1S/C19H26N2O3/c1-24-17-5-3-2-4-15(17)12-20-18(22)13-6-8-14(9-7-13)19(23)21-16-10-11-16/h2-5,13-14,16H,6-12H2,1H3,(H,20,22)(H,21,23). The number of nitrogens with one attached hydrogen (secondary N) is 2. The van der Waals surface area contributed by atoms with Crippen molar-refractivity contribution in [3.8, 4) is 5.75 Å². The summed E-state index contributed by atoms with van der Waals surface area (Å²) in [7, 11) is 1.63. The van der Waals surface area contributed by atoms with E-state index in [4.69, 9.17) is 4.74 Å². The summed E-state index contributed by atoms with van der Waals surface area (Å²) < 4.78 is 5.30. The van der Waals surface area contributed by atoms with Crippen molar-refractivity contribution >= 4 is 11.8 Å². The fourth-order valence-electron chi connectivity index (χ4n) is 3.34. The van der Waals surface area contributed by atoms with Crippen LogP contribution in [0.15, 0.2) is 24.3 Å². The summed E-state index contributed by atoms with van der Waals surface area (Å²) in [5.74, 6) is 1.17. The normalized spacial score (nSPS) is 23.4. The monoisotopic (exact) mass is 330 g/mol. The van der Waals surface area contributed by atoms with Crippen molar-refractivity contribution in [2.75, 3.05) is 7.11 Å². The molecule has 2 aliphatic carbocycles. The Morgan fingerprint density at radius 3 is 2.25 bits per heavy atom. The molecule has 3 rings (SSSR count). The highest BCUT2D eigenvalue weighted by Crippen LogP contribution is 2.30. The lowest BCUT2D eigenvalue weighted by Crippen LogP contribution is -2.38. The van der Waals surface area contributed by atoms with Crippen molar-refractivity contribution in [3.05, 3.63) is 29.8 Å². The second kappa shape index (κ2) is 7.69. The largest absolute Gasteiger partial charge is 0.496 e. The molecule has 2 aliphatic rings. The lowest BCUT2D eigenvalue weighted by Gasteiger charge is -2.27. The number of carbonyl (C=O) groups excluding carboxylic acids is 2. The Morgan fingerprint density at radius 1 is 1.00 bits per heavy atom. The maximum atomic E-state index is 12.4. The summed E-state index contributed by atoms with van der Waals surface area (Å²) in [6, 6.07) is 8.12. The summed E-state index contributed by atoms with van der Waals surface area (Å²) in [6.45, 7) is 0.477. The van der Waals surface area contributed by atoms with Gasteiger partial charge in [-0.05, 0) is 44.6 Å². The molecule has 0 aromatic heterocycles. The van der Waals surface area contributed by atoms with Crippen LogP contribution in [0, 0.1) is 11.8 Å². The van der Waals surface area contributed by atoms with Gasteiger partial charge >= 0.3 is 0 Å². The predicted molar refractivity (Wildman–Crippen MR) is 91.5 cm³/mol. The number of benzene rings is 1. The van der Waals surface area contributed by atoms with Gasteiger partial charge in [0, 0.05) is 30.0 Å². The molecule has 0 heterocycles. The first kappa shape index (κ1) is 16.8. The minimum atomic E-state index is 0.0182. The van der Waals surface area contributed by atoms with Gasteiger partial charge in [-0.15, -0.1) is 0 Å². The van der Waals surface area contributed by atoms with Crippen LogP contribution in [0.2, 0.25) is 0 Å². The number of ether oxygens (including phenoxy) is 1. The number of carbonyl (C=O) groups is 2. The second-order valence-corrected chi connectivity index (χ2v) is 6.86. The minimum absolute atomic E-state index is 0.0182. The third-order valence-corrected chi connectivity index (χ3v) is 5.04. The quantitative estimate of drug-likeness (QED) is 0.841. The van der Waals surface area contributed by atoms with E-state index >= 15 is 0 Å². The molecule has 0 atom stereocenters. The fraction of sp³-hybridized carbons (Fsp3) is 0.579. The average molecular weight is 330 g/mol. The molecular weight excluding hydrogens is 304 g/mol. The van der Waals surface area contributed by atoms with Crippen molar-refractivity contribution < 1.29 is 14.3 Å². The van der Waals surface area contributed by atoms with E-state index in [0.717, 1.165) is 49.8 Å². The van der Waals surface area contributed by atoms with Crippen molar-refractivity contribution in [2.24, 2.45) is 11.8 Å². The molecule has 2 amide bonds. The summed E-state index contributed by atoms with van der Waals surface area (Å²) in [4.78, 5) is 24.5. The highest BCUT2D eigenvalue weighted by Gasteiger charge is 2.32. The van der Waals surface area contributed by atoms with Crippen LogP contribution in [0.4, 0.5) is 0 Å². The molecule has 0 bridgehead atoms. The number of hydrogen-bond acceptors (Lipinski definition) is 3. The van der Waals surface area contributed by atoms with Gasteiger partial charge in [0.25, 0.3) is 0 Å². The Morgan fingerprint density at radius 2 is 1.62 bits per heavy atom. The summed E-state index contributed by atoms with van der Waals surface area (Å²) in [5.41, 5.74) is 0.978. The third-order valence-electron chi connectivity index (χ3n) is 5.04. The average Bonchev–Trinajstić information content (AvgIpc) is 3.44. The number of amides is 2. The van der Waals surface area contributed by atoms with Gasteiger partial charge in [-0.25, -0.2) is 0 Å². The molecule has 2 N–H and O–H groups in total. The van der Waals surface area contributed by atoms with E-state index in [1.54, 1.807) is 7.11 Å². The van der Waals surface area contributed by atoms with E-state index < -0.39 is 0 Å². The lowest BCUT2D eigenvalue weighted by atomic mass is 9.81. The van der Waals surface area contributed by atoms with Crippen LogP contribution in [0.5, 0.6) is 5.75 Å². The Bertz CT molecular complexity index is 590. The summed E-state index contributed by atoms with van der Waals surface area (Å²) >= 11 is 0. The maximum Gasteiger partial charge on any atom is 0.223 e. The molecule has 0 aliphatic heterocycles. The van der Waals surface area contributed by atoms with E-state index in [0.29, 0.717) is 12.6 Å². The summed E-state index contributed by atoms with van der Waals surface area (Å²) in [6.07, 6.45) is 5.44.